The topological polar surface area (TPSA) is 154 Å². The lowest BCUT2D eigenvalue weighted by atomic mass is 10.0. The molecule has 0 spiro atoms. The highest BCUT2D eigenvalue weighted by molar-refractivity contribution is 7.91. The van der Waals surface area contributed by atoms with Crippen molar-refractivity contribution in [1.82, 2.24) is 25.2 Å². The first-order valence-corrected chi connectivity index (χ1v) is 20.3. The van der Waals surface area contributed by atoms with Crippen molar-refractivity contribution in [2.45, 2.75) is 120 Å². The molecular weight excluding hydrogens is 702 g/mol. The molecular formula is C39H48FN5O7S. The van der Waals surface area contributed by atoms with Gasteiger partial charge in [0.15, 0.2) is 0 Å². The van der Waals surface area contributed by atoms with Crippen LogP contribution in [0, 0.1) is 25.6 Å². The minimum absolute atomic E-state index is 0.0271. The molecule has 1 saturated heterocycles. The quantitative estimate of drug-likeness (QED) is 0.359. The van der Waals surface area contributed by atoms with Crippen molar-refractivity contribution < 1.29 is 36.7 Å². The number of aryl methyl sites for hydroxylation is 2. The number of amides is 4. The second-order valence-electron chi connectivity index (χ2n) is 15.3. The fourth-order valence-electron chi connectivity index (χ4n) is 7.98. The molecule has 0 aromatic heterocycles. The second-order valence-corrected chi connectivity index (χ2v) is 17.3. The highest BCUT2D eigenvalue weighted by Crippen LogP contribution is 2.46. The number of hydrogen-bond donors (Lipinski definition) is 3. The molecule has 7 rings (SSSR count). The lowest BCUT2D eigenvalue weighted by molar-refractivity contribution is -0.141. The molecule has 3 heterocycles. The number of halogens is 1. The molecule has 2 saturated carbocycles. The zero-order valence-electron chi connectivity index (χ0n) is 30.2. The third kappa shape index (κ3) is 7.84. The number of sulfonamides is 1. The van der Waals surface area contributed by atoms with Crippen LogP contribution in [0.5, 0.6) is 0 Å². The van der Waals surface area contributed by atoms with Gasteiger partial charge in [-0.3, -0.25) is 24.0 Å². The molecule has 12 nitrogen and oxygen atoms in total. The van der Waals surface area contributed by atoms with Gasteiger partial charge in [-0.05, 0) is 80.7 Å². The van der Waals surface area contributed by atoms with E-state index in [0.29, 0.717) is 36.9 Å². The van der Waals surface area contributed by atoms with Crippen LogP contribution in [-0.4, -0.2) is 77.6 Å². The van der Waals surface area contributed by atoms with Gasteiger partial charge < -0.3 is 20.3 Å². The first kappa shape index (κ1) is 37.0. The molecule has 284 valence electrons. The lowest BCUT2D eigenvalue weighted by Crippen LogP contribution is -2.58. The molecule has 2 aliphatic carbocycles. The summed E-state index contributed by atoms with van der Waals surface area (Å²) >= 11 is 0. The molecule has 14 heteroatoms. The number of benzene rings is 2. The Morgan fingerprint density at radius 1 is 1.02 bits per heavy atom. The van der Waals surface area contributed by atoms with Crippen molar-refractivity contribution in [3.63, 3.8) is 0 Å². The Bertz CT molecular complexity index is 1910. The molecule has 0 unspecified atom stereocenters. The summed E-state index contributed by atoms with van der Waals surface area (Å²) in [4.78, 5) is 58.8. The van der Waals surface area contributed by atoms with Gasteiger partial charge in [-0.1, -0.05) is 55.3 Å². The Morgan fingerprint density at radius 2 is 1.77 bits per heavy atom. The zero-order chi connectivity index (χ0) is 37.5. The maximum Gasteiger partial charge on any atom is 0.410 e. The third-order valence-electron chi connectivity index (χ3n) is 11.5. The SMILES string of the molecule is Cc1cccc(C)c1CN[C@H]1CCCCC/C=C\[C@@H]2C[C@@]2(C(=O)NS(=O)(=O)C2CC2)NC(=O)[C@@H]2C[C@@H](OC(=O)N3Cc4cccc(F)c4C3)CN2C1=O. The molecule has 3 aliphatic heterocycles. The van der Waals surface area contributed by atoms with Crippen LogP contribution in [0.15, 0.2) is 48.6 Å². The van der Waals surface area contributed by atoms with Crippen molar-refractivity contribution in [3.8, 4) is 0 Å². The van der Waals surface area contributed by atoms with Crippen molar-refractivity contribution in [2.24, 2.45) is 5.92 Å². The summed E-state index contributed by atoms with van der Waals surface area (Å²) in [6.07, 6.45) is 7.18. The van der Waals surface area contributed by atoms with Crippen LogP contribution in [0.1, 0.15) is 85.6 Å². The predicted molar refractivity (Wildman–Crippen MR) is 194 cm³/mol. The van der Waals surface area contributed by atoms with E-state index in [1.807, 2.05) is 44.2 Å². The van der Waals surface area contributed by atoms with Crippen LogP contribution in [0.4, 0.5) is 9.18 Å². The minimum Gasteiger partial charge on any atom is -0.444 e. The van der Waals surface area contributed by atoms with E-state index in [-0.39, 0.29) is 38.4 Å². The molecule has 0 radical (unpaired) electrons. The molecule has 5 aliphatic rings. The third-order valence-corrected chi connectivity index (χ3v) is 13.3. The summed E-state index contributed by atoms with van der Waals surface area (Å²) in [6, 6.07) is 8.99. The van der Waals surface area contributed by atoms with Gasteiger partial charge in [0, 0.05) is 31.0 Å². The van der Waals surface area contributed by atoms with Gasteiger partial charge in [0.25, 0.3) is 5.91 Å². The van der Waals surface area contributed by atoms with Gasteiger partial charge >= 0.3 is 6.09 Å². The molecule has 0 bridgehead atoms. The molecule has 53 heavy (non-hydrogen) atoms. The van der Waals surface area contributed by atoms with E-state index in [2.05, 4.69) is 15.4 Å². The normalized spacial score (nSPS) is 28.1. The largest absolute Gasteiger partial charge is 0.444 e. The molecule has 3 fully saturated rings. The molecule has 5 atom stereocenters. The average Bonchev–Trinajstić information content (AvgIpc) is 4.00. The van der Waals surface area contributed by atoms with Crippen LogP contribution in [0.25, 0.3) is 0 Å². The van der Waals surface area contributed by atoms with Crippen LogP contribution in [0.3, 0.4) is 0 Å². The number of ether oxygens (including phenoxy) is 1. The summed E-state index contributed by atoms with van der Waals surface area (Å²) < 4.78 is 48.2. The summed E-state index contributed by atoms with van der Waals surface area (Å²) in [5.74, 6) is -2.55. The number of nitrogens with one attached hydrogen (secondary N) is 3. The molecule has 3 N–H and O–H groups in total. The average molecular weight is 750 g/mol. The Hall–Kier alpha value is -4.30. The van der Waals surface area contributed by atoms with Crippen molar-refractivity contribution in [2.75, 3.05) is 6.54 Å². The van der Waals surface area contributed by atoms with Crippen molar-refractivity contribution in [3.05, 3.63) is 82.2 Å². The van der Waals surface area contributed by atoms with Gasteiger partial charge in [-0.25, -0.2) is 17.6 Å². The van der Waals surface area contributed by atoms with Crippen LogP contribution in [0.2, 0.25) is 0 Å². The van der Waals surface area contributed by atoms with E-state index >= 15 is 0 Å². The lowest BCUT2D eigenvalue weighted by Gasteiger charge is -2.30. The Labute approximate surface area is 309 Å². The van der Waals surface area contributed by atoms with Crippen molar-refractivity contribution in [1.29, 1.82) is 0 Å². The van der Waals surface area contributed by atoms with Gasteiger partial charge in [0.2, 0.25) is 21.8 Å². The van der Waals surface area contributed by atoms with Gasteiger partial charge in [-0.2, -0.15) is 0 Å². The Morgan fingerprint density at radius 3 is 2.51 bits per heavy atom. The number of hydrogen-bond acceptors (Lipinski definition) is 8. The van der Waals surface area contributed by atoms with Crippen LogP contribution >= 0.6 is 0 Å². The van der Waals surface area contributed by atoms with Crippen LogP contribution in [-0.2, 0) is 48.8 Å². The number of allylic oxidation sites excluding steroid dienone is 1. The Kier molecular flexibility index (Phi) is 10.4. The standard InChI is InChI=1S/C39H48FN5O7S/c1-24-10-8-11-25(2)30(24)20-41-33-15-7-5-3-4-6-13-27-19-39(27,37(48)43-53(50,51)29-16-17-29)42-35(46)34-18-28(22-45(34)36(33)47)52-38(49)44-21-26-12-9-14-32(40)31(26)23-44/h6,8-14,27-29,33-34,41H,3-5,7,15-23H2,1-2H3,(H,42,46)(H,43,48)/b13-6-/t27-,28-,33+,34+,39-/m1/s1. The Balaban J connectivity index is 1.14. The minimum atomic E-state index is -3.89. The van der Waals surface area contributed by atoms with E-state index in [1.165, 1.54) is 15.9 Å². The smallest absolute Gasteiger partial charge is 0.410 e. The summed E-state index contributed by atoms with van der Waals surface area (Å²) in [6.45, 7) is 4.64. The number of carbonyl (C=O) groups excluding carboxylic acids is 4. The van der Waals surface area contributed by atoms with Crippen LogP contribution < -0.4 is 15.4 Å². The fourth-order valence-corrected chi connectivity index (χ4v) is 9.35. The van der Waals surface area contributed by atoms with E-state index in [4.69, 9.17) is 4.74 Å². The zero-order valence-corrected chi connectivity index (χ0v) is 31.1. The van der Waals surface area contributed by atoms with E-state index < -0.39 is 68.6 Å². The highest BCUT2D eigenvalue weighted by atomic mass is 32.2. The molecule has 2 aromatic rings. The summed E-state index contributed by atoms with van der Waals surface area (Å²) in [5.41, 5.74) is 2.89. The van der Waals surface area contributed by atoms with E-state index in [1.54, 1.807) is 12.1 Å². The maximum absolute atomic E-state index is 14.6. The summed E-state index contributed by atoms with van der Waals surface area (Å²) in [7, 11) is -3.89. The predicted octanol–water partition coefficient (Wildman–Crippen LogP) is 4.03. The summed E-state index contributed by atoms with van der Waals surface area (Å²) in [5, 5.41) is 5.72. The number of fused-ring (bicyclic) bond motifs is 3. The second kappa shape index (κ2) is 14.8. The highest BCUT2D eigenvalue weighted by Gasteiger charge is 2.62. The number of carbonyl (C=O) groups is 4. The first-order valence-electron chi connectivity index (χ1n) is 18.7. The monoisotopic (exact) mass is 749 g/mol. The van der Waals surface area contributed by atoms with Gasteiger partial charge in [0.05, 0.1) is 24.4 Å². The van der Waals surface area contributed by atoms with E-state index in [9.17, 15) is 32.0 Å². The first-order chi connectivity index (χ1) is 25.4. The number of nitrogens with zero attached hydrogens (tertiary/aromatic N) is 2. The molecule has 4 amide bonds. The van der Waals surface area contributed by atoms with E-state index in [0.717, 1.165) is 42.4 Å². The van der Waals surface area contributed by atoms with Gasteiger partial charge in [0.1, 0.15) is 23.5 Å². The fraction of sp³-hybridized carbons (Fsp3) is 0.538. The molecule has 2 aromatic carbocycles. The van der Waals surface area contributed by atoms with Crippen molar-refractivity contribution >= 4 is 33.8 Å². The maximum atomic E-state index is 14.6. The number of rotatable bonds is 7. The van der Waals surface area contributed by atoms with Gasteiger partial charge in [-0.15, -0.1) is 0 Å².